The summed E-state index contributed by atoms with van der Waals surface area (Å²) in [6.45, 7) is 4.00. The van der Waals surface area contributed by atoms with Crippen molar-refractivity contribution < 1.29 is 10.0 Å². The van der Waals surface area contributed by atoms with Crippen molar-refractivity contribution in [3.63, 3.8) is 0 Å². The van der Waals surface area contributed by atoms with Crippen LogP contribution in [0, 0.1) is 10.1 Å². The number of pyridine rings is 1. The lowest BCUT2D eigenvalue weighted by Gasteiger charge is -2.27. The molecule has 2 rings (SSSR count). The third kappa shape index (κ3) is 2.85. The molecule has 0 aliphatic carbocycles. The zero-order valence-corrected chi connectivity index (χ0v) is 11.5. The van der Waals surface area contributed by atoms with Gasteiger partial charge in [0.1, 0.15) is 5.52 Å². The minimum Gasteiger partial charge on any atom is -0.396 e. The number of aromatic nitrogens is 1. The Balaban J connectivity index is 2.50. The molecule has 0 saturated heterocycles. The van der Waals surface area contributed by atoms with Crippen LogP contribution in [0.2, 0.25) is 0 Å². The van der Waals surface area contributed by atoms with Gasteiger partial charge < -0.3 is 10.4 Å². The normalized spacial score (nSPS) is 11.6. The van der Waals surface area contributed by atoms with Crippen LogP contribution in [-0.4, -0.2) is 27.2 Å². The van der Waals surface area contributed by atoms with Crippen LogP contribution in [0.25, 0.3) is 10.9 Å². The van der Waals surface area contributed by atoms with Crippen LogP contribution in [0.5, 0.6) is 0 Å². The SMILES string of the molecule is CC(C)(CCO)Nc1ccnc2c([N+](=O)[O-])cccc12. The first kappa shape index (κ1) is 14.2. The fourth-order valence-electron chi connectivity index (χ4n) is 2.12. The molecule has 2 N–H and O–H groups in total. The van der Waals surface area contributed by atoms with Gasteiger partial charge in [-0.05, 0) is 26.3 Å². The van der Waals surface area contributed by atoms with Gasteiger partial charge in [0.15, 0.2) is 0 Å². The Morgan fingerprint density at radius 1 is 1.40 bits per heavy atom. The Morgan fingerprint density at radius 2 is 2.15 bits per heavy atom. The number of hydrogen-bond donors (Lipinski definition) is 2. The molecule has 0 spiro atoms. The van der Waals surface area contributed by atoms with Crippen LogP contribution in [0.3, 0.4) is 0 Å². The Morgan fingerprint density at radius 3 is 2.80 bits per heavy atom. The zero-order valence-electron chi connectivity index (χ0n) is 11.5. The first-order valence-electron chi connectivity index (χ1n) is 6.36. The minimum absolute atomic E-state index is 0.00823. The molecule has 0 atom stereocenters. The van der Waals surface area contributed by atoms with E-state index in [-0.39, 0.29) is 17.8 Å². The lowest BCUT2D eigenvalue weighted by molar-refractivity contribution is -0.383. The van der Waals surface area contributed by atoms with E-state index in [1.807, 2.05) is 13.8 Å². The lowest BCUT2D eigenvalue weighted by atomic mass is 10.00. The second kappa shape index (κ2) is 5.42. The Labute approximate surface area is 116 Å². The highest BCUT2D eigenvalue weighted by molar-refractivity contribution is 5.96. The molecule has 0 aliphatic heterocycles. The molecule has 6 heteroatoms. The topological polar surface area (TPSA) is 88.3 Å². The molecule has 2 aromatic rings. The predicted molar refractivity (Wildman–Crippen MR) is 77.8 cm³/mol. The van der Waals surface area contributed by atoms with Gasteiger partial charge in [-0.25, -0.2) is 4.98 Å². The number of para-hydroxylation sites is 1. The van der Waals surface area contributed by atoms with E-state index >= 15 is 0 Å². The molecule has 20 heavy (non-hydrogen) atoms. The van der Waals surface area contributed by atoms with Crippen LogP contribution in [0.4, 0.5) is 11.4 Å². The van der Waals surface area contributed by atoms with Crippen LogP contribution in [0.1, 0.15) is 20.3 Å². The Kier molecular flexibility index (Phi) is 3.85. The third-order valence-corrected chi connectivity index (χ3v) is 3.16. The Hall–Kier alpha value is -2.21. The van der Waals surface area contributed by atoms with Gasteiger partial charge in [0.25, 0.3) is 5.69 Å². The van der Waals surface area contributed by atoms with E-state index in [9.17, 15) is 10.1 Å². The van der Waals surface area contributed by atoms with Crippen LogP contribution >= 0.6 is 0 Å². The van der Waals surface area contributed by atoms with Crippen molar-refractivity contribution in [3.8, 4) is 0 Å². The van der Waals surface area contributed by atoms with Crippen molar-refractivity contribution in [2.75, 3.05) is 11.9 Å². The quantitative estimate of drug-likeness (QED) is 0.647. The van der Waals surface area contributed by atoms with Crippen LogP contribution < -0.4 is 5.32 Å². The van der Waals surface area contributed by atoms with E-state index < -0.39 is 4.92 Å². The fourth-order valence-corrected chi connectivity index (χ4v) is 2.12. The summed E-state index contributed by atoms with van der Waals surface area (Å²) in [5.41, 5.74) is 0.818. The Bertz CT molecular complexity index is 641. The summed E-state index contributed by atoms with van der Waals surface area (Å²) >= 11 is 0. The van der Waals surface area contributed by atoms with E-state index in [1.54, 1.807) is 24.4 Å². The maximum atomic E-state index is 11.0. The van der Waals surface area contributed by atoms with E-state index in [0.717, 1.165) is 5.69 Å². The molecular weight excluding hydrogens is 258 g/mol. The van der Waals surface area contributed by atoms with E-state index in [0.29, 0.717) is 17.3 Å². The highest BCUT2D eigenvalue weighted by Crippen LogP contribution is 2.30. The zero-order chi connectivity index (χ0) is 14.8. The number of nitrogens with one attached hydrogen (secondary N) is 1. The number of fused-ring (bicyclic) bond motifs is 1. The molecule has 0 radical (unpaired) electrons. The summed E-state index contributed by atoms with van der Waals surface area (Å²) < 4.78 is 0. The van der Waals surface area contributed by atoms with Crippen LogP contribution in [0.15, 0.2) is 30.5 Å². The van der Waals surface area contributed by atoms with Gasteiger partial charge in [-0.1, -0.05) is 12.1 Å². The molecule has 0 bridgehead atoms. The molecular formula is C14H17N3O3. The number of nitrogens with zero attached hydrogens (tertiary/aromatic N) is 2. The van der Waals surface area contributed by atoms with Gasteiger partial charge in [-0.15, -0.1) is 0 Å². The number of nitro benzene ring substituents is 1. The van der Waals surface area contributed by atoms with Crippen molar-refractivity contribution in [1.82, 2.24) is 4.98 Å². The van der Waals surface area contributed by atoms with Gasteiger partial charge >= 0.3 is 0 Å². The number of hydrogen-bond acceptors (Lipinski definition) is 5. The lowest BCUT2D eigenvalue weighted by Crippen LogP contribution is -2.32. The molecule has 1 heterocycles. The van der Waals surface area contributed by atoms with Gasteiger partial charge in [0, 0.05) is 35.5 Å². The number of anilines is 1. The average molecular weight is 275 g/mol. The van der Waals surface area contributed by atoms with Crippen molar-refractivity contribution >= 4 is 22.3 Å². The fraction of sp³-hybridized carbons (Fsp3) is 0.357. The maximum absolute atomic E-state index is 11.0. The summed E-state index contributed by atoms with van der Waals surface area (Å²) in [4.78, 5) is 14.7. The highest BCUT2D eigenvalue weighted by atomic mass is 16.6. The van der Waals surface area contributed by atoms with Crippen molar-refractivity contribution in [1.29, 1.82) is 0 Å². The molecule has 6 nitrogen and oxygen atoms in total. The second-order valence-electron chi connectivity index (χ2n) is 5.27. The monoisotopic (exact) mass is 275 g/mol. The molecule has 1 aromatic carbocycles. The van der Waals surface area contributed by atoms with Crippen molar-refractivity contribution in [2.24, 2.45) is 0 Å². The summed E-state index contributed by atoms with van der Waals surface area (Å²) in [6.07, 6.45) is 2.12. The van der Waals surface area contributed by atoms with E-state index in [2.05, 4.69) is 10.3 Å². The number of aliphatic hydroxyl groups is 1. The van der Waals surface area contributed by atoms with E-state index in [4.69, 9.17) is 5.11 Å². The summed E-state index contributed by atoms with van der Waals surface area (Å²) in [5.74, 6) is 0. The number of nitro groups is 1. The summed E-state index contributed by atoms with van der Waals surface area (Å²) in [7, 11) is 0. The molecule has 1 aromatic heterocycles. The third-order valence-electron chi connectivity index (χ3n) is 3.16. The molecule has 0 amide bonds. The van der Waals surface area contributed by atoms with Gasteiger partial charge in [0.05, 0.1) is 4.92 Å². The highest BCUT2D eigenvalue weighted by Gasteiger charge is 2.20. The average Bonchev–Trinajstić information content (AvgIpc) is 2.37. The van der Waals surface area contributed by atoms with Gasteiger partial charge in [-0.3, -0.25) is 10.1 Å². The molecule has 0 saturated carbocycles. The number of non-ortho nitro benzene ring substituents is 1. The summed E-state index contributed by atoms with van der Waals surface area (Å²) in [5, 5.41) is 24.1. The largest absolute Gasteiger partial charge is 0.396 e. The number of benzene rings is 1. The van der Waals surface area contributed by atoms with E-state index in [1.165, 1.54) is 6.07 Å². The maximum Gasteiger partial charge on any atom is 0.295 e. The minimum atomic E-state index is -0.433. The standard InChI is InChI=1S/C14H17N3O3/c1-14(2,7-9-18)16-11-6-8-15-13-10(11)4-3-5-12(13)17(19)20/h3-6,8,18H,7,9H2,1-2H3,(H,15,16). The number of aliphatic hydroxyl groups excluding tert-OH is 1. The molecule has 0 unspecified atom stereocenters. The molecule has 0 aliphatic rings. The van der Waals surface area contributed by atoms with Gasteiger partial charge in [-0.2, -0.15) is 0 Å². The van der Waals surface area contributed by atoms with Crippen LogP contribution in [-0.2, 0) is 0 Å². The smallest absolute Gasteiger partial charge is 0.295 e. The first-order valence-corrected chi connectivity index (χ1v) is 6.36. The first-order chi connectivity index (χ1) is 9.44. The van der Waals surface area contributed by atoms with Crippen molar-refractivity contribution in [3.05, 3.63) is 40.6 Å². The molecule has 0 fully saturated rings. The van der Waals surface area contributed by atoms with Crippen molar-refractivity contribution in [2.45, 2.75) is 25.8 Å². The summed E-state index contributed by atoms with van der Waals surface area (Å²) in [6, 6.07) is 6.67. The predicted octanol–water partition coefficient (Wildman–Crippen LogP) is 2.72. The molecule has 106 valence electrons. The van der Waals surface area contributed by atoms with Gasteiger partial charge in [0.2, 0.25) is 0 Å². The number of rotatable bonds is 5. The second-order valence-corrected chi connectivity index (χ2v) is 5.27.